The molecule has 1 unspecified atom stereocenters. The lowest BCUT2D eigenvalue weighted by molar-refractivity contribution is 0.0929. The quantitative estimate of drug-likeness (QED) is 0.523. The molecular weight excluding hydrogens is 184 g/mol. The predicted octanol–water partition coefficient (Wildman–Crippen LogP) is -0.507. The molecule has 6 heteroatoms. The van der Waals surface area contributed by atoms with Gasteiger partial charge >= 0.3 is 0 Å². The van der Waals surface area contributed by atoms with Crippen molar-refractivity contribution in [3.63, 3.8) is 0 Å². The van der Waals surface area contributed by atoms with Gasteiger partial charge < -0.3 is 16.2 Å². The summed E-state index contributed by atoms with van der Waals surface area (Å²) in [4.78, 5) is 11.4. The van der Waals surface area contributed by atoms with Gasteiger partial charge in [-0.3, -0.25) is 9.89 Å². The Hall–Kier alpha value is -1.56. The molecule has 0 aliphatic heterocycles. The van der Waals surface area contributed by atoms with Crippen LogP contribution < -0.4 is 11.1 Å². The summed E-state index contributed by atoms with van der Waals surface area (Å²) in [6, 6.07) is 1.39. The molecule has 78 valence electrons. The van der Waals surface area contributed by atoms with E-state index in [9.17, 15) is 4.79 Å². The average Bonchev–Trinajstić information content (AvgIpc) is 2.52. The molecule has 1 aromatic rings. The first kappa shape index (κ1) is 10.5. The van der Waals surface area contributed by atoms with Crippen LogP contribution in [0, 0.1) is 0 Å². The van der Waals surface area contributed by atoms with E-state index >= 15 is 0 Å². The molecule has 1 aromatic heterocycles. The van der Waals surface area contributed by atoms with E-state index in [4.69, 9.17) is 10.8 Å². The van der Waals surface area contributed by atoms with E-state index in [1.165, 1.54) is 6.07 Å². The number of nitrogens with zero attached hydrogens (tertiary/aromatic N) is 1. The second-order valence-corrected chi connectivity index (χ2v) is 3.09. The van der Waals surface area contributed by atoms with Gasteiger partial charge in [-0.15, -0.1) is 0 Å². The van der Waals surface area contributed by atoms with Crippen LogP contribution in [0.4, 0.5) is 5.82 Å². The lowest BCUT2D eigenvalue weighted by atomic mass is 10.2. The van der Waals surface area contributed by atoms with Gasteiger partial charge in [0.05, 0.1) is 0 Å². The highest BCUT2D eigenvalue weighted by Crippen LogP contribution is 2.00. The molecule has 0 aliphatic carbocycles. The minimum absolute atomic E-state index is 0.0482. The number of H-pyrrole nitrogens is 1. The SMILES string of the molecule is CC(CCO)NC(=O)c1cc(N)n[nH]1. The summed E-state index contributed by atoms with van der Waals surface area (Å²) in [5.41, 5.74) is 5.67. The number of aliphatic hydroxyl groups excluding tert-OH is 1. The molecule has 0 aliphatic rings. The van der Waals surface area contributed by atoms with Crippen molar-refractivity contribution in [1.82, 2.24) is 15.5 Å². The summed E-state index contributed by atoms with van der Waals surface area (Å²) in [5.74, 6) is 0.0140. The Morgan fingerprint density at radius 2 is 2.57 bits per heavy atom. The van der Waals surface area contributed by atoms with Crippen LogP contribution in [0.5, 0.6) is 0 Å². The van der Waals surface area contributed by atoms with E-state index in [-0.39, 0.29) is 24.4 Å². The fourth-order valence-electron chi connectivity index (χ4n) is 1.02. The molecule has 5 N–H and O–H groups in total. The molecule has 1 heterocycles. The Kier molecular flexibility index (Phi) is 3.47. The van der Waals surface area contributed by atoms with Gasteiger partial charge in [0.1, 0.15) is 11.5 Å². The van der Waals surface area contributed by atoms with Gasteiger partial charge in [-0.2, -0.15) is 5.10 Å². The highest BCUT2D eigenvalue weighted by molar-refractivity contribution is 5.93. The van der Waals surface area contributed by atoms with Crippen LogP contribution in [0.25, 0.3) is 0 Å². The van der Waals surface area contributed by atoms with Gasteiger partial charge in [-0.05, 0) is 13.3 Å². The maximum absolute atomic E-state index is 11.4. The van der Waals surface area contributed by atoms with Crippen molar-refractivity contribution in [2.24, 2.45) is 0 Å². The molecule has 0 aromatic carbocycles. The lowest BCUT2D eigenvalue weighted by Gasteiger charge is -2.10. The Morgan fingerprint density at radius 3 is 3.07 bits per heavy atom. The Morgan fingerprint density at radius 1 is 1.86 bits per heavy atom. The summed E-state index contributed by atoms with van der Waals surface area (Å²) in [7, 11) is 0. The minimum Gasteiger partial charge on any atom is -0.396 e. The van der Waals surface area contributed by atoms with Crippen molar-refractivity contribution < 1.29 is 9.90 Å². The summed E-state index contributed by atoms with van der Waals surface area (Å²) >= 11 is 0. The van der Waals surface area contributed by atoms with Crippen LogP contribution in [0.15, 0.2) is 6.07 Å². The van der Waals surface area contributed by atoms with Gasteiger partial charge in [0.2, 0.25) is 0 Å². The number of anilines is 1. The molecule has 14 heavy (non-hydrogen) atoms. The molecule has 0 spiro atoms. The highest BCUT2D eigenvalue weighted by atomic mass is 16.3. The van der Waals surface area contributed by atoms with Gasteiger partial charge in [-0.1, -0.05) is 0 Å². The first-order valence-electron chi connectivity index (χ1n) is 4.36. The number of hydrogen-bond donors (Lipinski definition) is 4. The Labute approximate surface area is 81.5 Å². The largest absolute Gasteiger partial charge is 0.396 e. The van der Waals surface area contributed by atoms with Crippen molar-refractivity contribution in [2.45, 2.75) is 19.4 Å². The zero-order valence-corrected chi connectivity index (χ0v) is 7.95. The van der Waals surface area contributed by atoms with E-state index in [0.29, 0.717) is 12.1 Å². The second kappa shape index (κ2) is 4.61. The summed E-state index contributed by atoms with van der Waals surface area (Å²) in [6.45, 7) is 1.86. The third kappa shape index (κ3) is 2.74. The number of nitrogens with two attached hydrogens (primary N) is 1. The second-order valence-electron chi connectivity index (χ2n) is 3.09. The Balaban J connectivity index is 2.50. The highest BCUT2D eigenvalue weighted by Gasteiger charge is 2.11. The van der Waals surface area contributed by atoms with Crippen LogP contribution in [-0.4, -0.2) is 33.9 Å². The van der Waals surface area contributed by atoms with Crippen molar-refractivity contribution in [3.05, 3.63) is 11.8 Å². The summed E-state index contributed by atoms with van der Waals surface area (Å²) in [5, 5.41) is 17.5. The zero-order valence-electron chi connectivity index (χ0n) is 7.95. The fraction of sp³-hybridized carbons (Fsp3) is 0.500. The standard InChI is InChI=1S/C8H14N4O2/c1-5(2-3-13)10-8(14)6-4-7(9)12-11-6/h4-5,13H,2-3H2,1H3,(H,10,14)(H3,9,11,12). The van der Waals surface area contributed by atoms with Gasteiger partial charge in [0.25, 0.3) is 5.91 Å². The molecule has 1 rings (SSSR count). The summed E-state index contributed by atoms with van der Waals surface area (Å²) < 4.78 is 0. The number of carbonyl (C=O) groups excluding carboxylic acids is 1. The van der Waals surface area contributed by atoms with Crippen LogP contribution in [-0.2, 0) is 0 Å². The normalized spacial score (nSPS) is 12.4. The molecule has 0 radical (unpaired) electrons. The Bertz CT molecular complexity index is 310. The third-order valence-electron chi connectivity index (χ3n) is 1.78. The van der Waals surface area contributed by atoms with E-state index in [2.05, 4.69) is 15.5 Å². The number of aromatic nitrogens is 2. The first-order valence-corrected chi connectivity index (χ1v) is 4.36. The summed E-state index contributed by atoms with van der Waals surface area (Å²) in [6.07, 6.45) is 0.523. The average molecular weight is 198 g/mol. The maximum Gasteiger partial charge on any atom is 0.269 e. The third-order valence-corrected chi connectivity index (χ3v) is 1.78. The van der Waals surface area contributed by atoms with Crippen molar-refractivity contribution in [2.75, 3.05) is 12.3 Å². The van der Waals surface area contributed by atoms with Crippen LogP contribution in [0.2, 0.25) is 0 Å². The first-order chi connectivity index (χ1) is 6.63. The number of aliphatic hydroxyl groups is 1. The minimum atomic E-state index is -0.268. The number of nitrogens with one attached hydrogen (secondary N) is 2. The topological polar surface area (TPSA) is 104 Å². The van der Waals surface area contributed by atoms with Crippen LogP contribution in [0.1, 0.15) is 23.8 Å². The van der Waals surface area contributed by atoms with E-state index in [1.807, 2.05) is 6.92 Å². The maximum atomic E-state index is 11.4. The molecule has 0 fully saturated rings. The molecule has 1 atom stereocenters. The van der Waals surface area contributed by atoms with Gasteiger partial charge in [0, 0.05) is 18.7 Å². The molecule has 6 nitrogen and oxygen atoms in total. The van der Waals surface area contributed by atoms with E-state index in [1.54, 1.807) is 0 Å². The van der Waals surface area contributed by atoms with Gasteiger partial charge in [0.15, 0.2) is 0 Å². The monoisotopic (exact) mass is 198 g/mol. The van der Waals surface area contributed by atoms with Gasteiger partial charge in [-0.25, -0.2) is 0 Å². The molecular formula is C8H14N4O2. The van der Waals surface area contributed by atoms with Crippen molar-refractivity contribution in [3.8, 4) is 0 Å². The van der Waals surface area contributed by atoms with E-state index < -0.39 is 0 Å². The smallest absolute Gasteiger partial charge is 0.269 e. The molecule has 0 bridgehead atoms. The van der Waals surface area contributed by atoms with Crippen molar-refractivity contribution >= 4 is 11.7 Å². The lowest BCUT2D eigenvalue weighted by Crippen LogP contribution is -2.33. The van der Waals surface area contributed by atoms with E-state index in [0.717, 1.165) is 0 Å². The number of nitrogen functional groups attached to an aromatic ring is 1. The number of rotatable bonds is 4. The zero-order chi connectivity index (χ0) is 10.6. The number of aromatic amines is 1. The molecule has 1 amide bonds. The fourth-order valence-corrected chi connectivity index (χ4v) is 1.02. The predicted molar refractivity (Wildman–Crippen MR) is 51.6 cm³/mol. The molecule has 0 saturated carbocycles. The number of amides is 1. The van der Waals surface area contributed by atoms with Crippen molar-refractivity contribution in [1.29, 1.82) is 0 Å². The van der Waals surface area contributed by atoms with Crippen LogP contribution >= 0.6 is 0 Å². The number of carbonyl (C=O) groups is 1. The molecule has 0 saturated heterocycles. The van der Waals surface area contributed by atoms with Crippen LogP contribution in [0.3, 0.4) is 0 Å². The number of hydrogen-bond acceptors (Lipinski definition) is 4.